The molecule has 2 aromatic carbocycles. The average molecular weight is 418 g/mol. The molecule has 0 radical (unpaired) electrons. The average Bonchev–Trinajstić information content (AvgIpc) is 2.74. The number of piperazine rings is 1. The predicted octanol–water partition coefficient (Wildman–Crippen LogP) is 2.12. The van der Waals surface area contributed by atoms with Gasteiger partial charge in [-0.2, -0.15) is 4.31 Å². The number of nitrogens with one attached hydrogen (secondary N) is 1. The quantitative estimate of drug-likeness (QED) is 0.779. The molecule has 1 aliphatic rings. The Hall–Kier alpha value is -2.42. The SMILES string of the molecule is COc1ccc([C@@H](C)NC(=O)c2cccc(S(=O)(=O)N3CCN(C)CC3)c2)cc1. The molecule has 0 unspecified atom stereocenters. The van der Waals surface area contributed by atoms with Gasteiger partial charge in [-0.15, -0.1) is 0 Å². The fourth-order valence-corrected chi connectivity index (χ4v) is 4.70. The molecule has 1 amide bonds. The lowest BCUT2D eigenvalue weighted by molar-refractivity contribution is 0.0939. The summed E-state index contributed by atoms with van der Waals surface area (Å²) in [6, 6.07) is 13.4. The Morgan fingerprint density at radius 3 is 2.34 bits per heavy atom. The molecular formula is C21H27N3O4S. The van der Waals surface area contributed by atoms with Gasteiger partial charge in [-0.05, 0) is 49.9 Å². The van der Waals surface area contributed by atoms with Crippen molar-refractivity contribution in [2.24, 2.45) is 0 Å². The highest BCUT2D eigenvalue weighted by Gasteiger charge is 2.28. The number of benzene rings is 2. The molecule has 0 aromatic heterocycles. The van der Waals surface area contributed by atoms with Crippen LogP contribution >= 0.6 is 0 Å². The normalized spacial score (nSPS) is 16.9. The highest BCUT2D eigenvalue weighted by molar-refractivity contribution is 7.89. The molecule has 3 rings (SSSR count). The molecule has 0 bridgehead atoms. The molecule has 156 valence electrons. The maximum atomic E-state index is 12.9. The van der Waals surface area contributed by atoms with Gasteiger partial charge in [-0.3, -0.25) is 4.79 Å². The summed E-state index contributed by atoms with van der Waals surface area (Å²) in [6.45, 7) is 4.16. The van der Waals surface area contributed by atoms with Crippen LogP contribution in [0.1, 0.15) is 28.9 Å². The largest absolute Gasteiger partial charge is 0.497 e. The lowest BCUT2D eigenvalue weighted by Gasteiger charge is -2.31. The molecule has 8 heteroatoms. The first-order chi connectivity index (χ1) is 13.8. The van der Waals surface area contributed by atoms with E-state index in [1.807, 2.05) is 38.2 Å². The topological polar surface area (TPSA) is 78.9 Å². The summed E-state index contributed by atoms with van der Waals surface area (Å²) < 4.78 is 32.5. The summed E-state index contributed by atoms with van der Waals surface area (Å²) in [5.74, 6) is 0.429. The van der Waals surface area contributed by atoms with Gasteiger partial charge in [0.2, 0.25) is 10.0 Å². The minimum Gasteiger partial charge on any atom is -0.497 e. The maximum Gasteiger partial charge on any atom is 0.251 e. The lowest BCUT2D eigenvalue weighted by Crippen LogP contribution is -2.47. The van der Waals surface area contributed by atoms with Crippen LogP contribution < -0.4 is 10.1 Å². The number of carbonyl (C=O) groups excluding carboxylic acids is 1. The smallest absolute Gasteiger partial charge is 0.251 e. The number of nitrogens with zero attached hydrogens (tertiary/aromatic N) is 2. The van der Waals surface area contributed by atoms with Crippen LogP contribution in [-0.2, 0) is 10.0 Å². The van der Waals surface area contributed by atoms with E-state index in [0.29, 0.717) is 31.7 Å². The number of methoxy groups -OCH3 is 1. The van der Waals surface area contributed by atoms with Crippen molar-refractivity contribution < 1.29 is 17.9 Å². The summed E-state index contributed by atoms with van der Waals surface area (Å²) in [7, 11) is -0.0453. The van der Waals surface area contributed by atoms with E-state index in [1.54, 1.807) is 19.2 Å². The van der Waals surface area contributed by atoms with Crippen molar-refractivity contribution >= 4 is 15.9 Å². The third-order valence-corrected chi connectivity index (χ3v) is 7.05. The van der Waals surface area contributed by atoms with Crippen LogP contribution in [0.5, 0.6) is 5.75 Å². The minimum atomic E-state index is -3.62. The summed E-state index contributed by atoms with van der Waals surface area (Å²) in [6.07, 6.45) is 0. The van der Waals surface area contributed by atoms with E-state index in [4.69, 9.17) is 4.74 Å². The molecular weight excluding hydrogens is 390 g/mol. The van der Waals surface area contributed by atoms with E-state index in [1.165, 1.54) is 16.4 Å². The van der Waals surface area contributed by atoms with E-state index in [0.717, 1.165) is 11.3 Å². The van der Waals surface area contributed by atoms with Gasteiger partial charge in [0.25, 0.3) is 5.91 Å². The molecule has 7 nitrogen and oxygen atoms in total. The molecule has 1 atom stereocenters. The zero-order valence-corrected chi connectivity index (χ0v) is 17.8. The second-order valence-corrected chi connectivity index (χ2v) is 9.14. The van der Waals surface area contributed by atoms with Gasteiger partial charge in [0.05, 0.1) is 18.0 Å². The van der Waals surface area contributed by atoms with Crippen molar-refractivity contribution in [1.29, 1.82) is 0 Å². The van der Waals surface area contributed by atoms with Crippen LogP contribution in [0.15, 0.2) is 53.4 Å². The number of ether oxygens (including phenoxy) is 1. The molecule has 0 spiro atoms. The van der Waals surface area contributed by atoms with E-state index in [-0.39, 0.29) is 16.8 Å². The first-order valence-electron chi connectivity index (χ1n) is 9.55. The van der Waals surface area contributed by atoms with Gasteiger partial charge in [0.15, 0.2) is 0 Å². The number of carbonyl (C=O) groups is 1. The fraction of sp³-hybridized carbons (Fsp3) is 0.381. The molecule has 1 N–H and O–H groups in total. The summed E-state index contributed by atoms with van der Waals surface area (Å²) in [5.41, 5.74) is 1.25. The van der Waals surface area contributed by atoms with E-state index >= 15 is 0 Å². The Morgan fingerprint density at radius 2 is 1.72 bits per heavy atom. The first kappa shape index (κ1) is 21.3. The number of sulfonamides is 1. The van der Waals surface area contributed by atoms with E-state index in [9.17, 15) is 13.2 Å². The van der Waals surface area contributed by atoms with Crippen molar-refractivity contribution in [2.75, 3.05) is 40.3 Å². The third kappa shape index (κ3) is 4.95. The van der Waals surface area contributed by atoms with Crippen LogP contribution in [0.3, 0.4) is 0 Å². The minimum absolute atomic E-state index is 0.145. The predicted molar refractivity (Wildman–Crippen MR) is 112 cm³/mol. The van der Waals surface area contributed by atoms with Crippen molar-refractivity contribution in [2.45, 2.75) is 17.9 Å². The lowest BCUT2D eigenvalue weighted by atomic mass is 10.1. The second kappa shape index (κ2) is 8.94. The van der Waals surface area contributed by atoms with Crippen molar-refractivity contribution in [3.63, 3.8) is 0 Å². The molecule has 29 heavy (non-hydrogen) atoms. The number of likely N-dealkylation sites (N-methyl/N-ethyl adjacent to an activating group) is 1. The van der Waals surface area contributed by atoms with Gasteiger partial charge < -0.3 is 15.0 Å². The Bertz CT molecular complexity index is 952. The monoisotopic (exact) mass is 417 g/mol. The standard InChI is InChI=1S/C21H27N3O4S/c1-16(17-7-9-19(28-3)10-8-17)22-21(25)18-5-4-6-20(15-18)29(26,27)24-13-11-23(2)12-14-24/h4-10,15-16H,11-14H2,1-3H3,(H,22,25)/t16-/m1/s1. The third-order valence-electron chi connectivity index (χ3n) is 5.16. The molecule has 0 saturated carbocycles. The van der Waals surface area contributed by atoms with E-state index < -0.39 is 10.0 Å². The molecule has 0 aliphatic carbocycles. The van der Waals surface area contributed by atoms with Crippen LogP contribution in [0.25, 0.3) is 0 Å². The van der Waals surface area contributed by atoms with Crippen molar-refractivity contribution in [3.8, 4) is 5.75 Å². The van der Waals surface area contributed by atoms with Crippen molar-refractivity contribution in [1.82, 2.24) is 14.5 Å². The summed E-state index contributed by atoms with van der Waals surface area (Å²) in [5, 5.41) is 2.92. The number of amides is 1. The van der Waals surface area contributed by atoms with Crippen LogP contribution in [-0.4, -0.2) is 63.9 Å². The highest BCUT2D eigenvalue weighted by atomic mass is 32.2. The summed E-state index contributed by atoms with van der Waals surface area (Å²) >= 11 is 0. The molecule has 1 heterocycles. The second-order valence-electron chi connectivity index (χ2n) is 7.20. The van der Waals surface area contributed by atoms with Crippen molar-refractivity contribution in [3.05, 3.63) is 59.7 Å². The molecule has 2 aromatic rings. The Labute approximate surface area is 172 Å². The van der Waals surface area contributed by atoms with Crippen LogP contribution in [0.4, 0.5) is 0 Å². The zero-order chi connectivity index (χ0) is 21.0. The summed E-state index contributed by atoms with van der Waals surface area (Å²) in [4.78, 5) is 14.9. The fourth-order valence-electron chi connectivity index (χ4n) is 3.23. The Kier molecular flexibility index (Phi) is 6.56. The molecule has 1 saturated heterocycles. The number of rotatable bonds is 6. The number of hydrogen-bond donors (Lipinski definition) is 1. The first-order valence-corrected chi connectivity index (χ1v) is 11.0. The van der Waals surface area contributed by atoms with Crippen LogP contribution in [0, 0.1) is 0 Å². The molecule has 1 aliphatic heterocycles. The highest BCUT2D eigenvalue weighted by Crippen LogP contribution is 2.20. The molecule has 1 fully saturated rings. The van der Waals surface area contributed by atoms with Gasteiger partial charge >= 0.3 is 0 Å². The van der Waals surface area contributed by atoms with Gasteiger partial charge in [0.1, 0.15) is 5.75 Å². The van der Waals surface area contributed by atoms with Gasteiger partial charge in [-0.1, -0.05) is 18.2 Å². The van der Waals surface area contributed by atoms with Gasteiger partial charge in [-0.25, -0.2) is 8.42 Å². The maximum absolute atomic E-state index is 12.9. The zero-order valence-electron chi connectivity index (χ0n) is 17.0. The van der Waals surface area contributed by atoms with E-state index in [2.05, 4.69) is 10.2 Å². The number of hydrogen-bond acceptors (Lipinski definition) is 5. The van der Waals surface area contributed by atoms with Crippen LogP contribution in [0.2, 0.25) is 0 Å². The Balaban J connectivity index is 1.73. The Morgan fingerprint density at radius 1 is 1.07 bits per heavy atom. The van der Waals surface area contributed by atoms with Gasteiger partial charge in [0, 0.05) is 31.7 Å².